The molecule has 0 amide bonds. The topological polar surface area (TPSA) is 111 Å². The van der Waals surface area contributed by atoms with Gasteiger partial charge < -0.3 is 24.1 Å². The minimum absolute atomic E-state index is 0.0225. The highest BCUT2D eigenvalue weighted by Gasteiger charge is 2.35. The summed E-state index contributed by atoms with van der Waals surface area (Å²) in [7, 11) is 1.68. The molecule has 0 aliphatic carbocycles. The summed E-state index contributed by atoms with van der Waals surface area (Å²) in [6.45, 7) is 7.56. The summed E-state index contributed by atoms with van der Waals surface area (Å²) in [4.78, 5) is 19.4. The van der Waals surface area contributed by atoms with Crippen LogP contribution < -0.4 is 5.11 Å². The Labute approximate surface area is 143 Å². The number of carboxylic acid groups (broad SMARTS) is 1. The predicted octanol–water partition coefficient (Wildman–Crippen LogP) is 1.59. The van der Waals surface area contributed by atoms with Crippen molar-refractivity contribution in [2.24, 2.45) is 11.3 Å². The lowest BCUT2D eigenvalue weighted by Gasteiger charge is -2.38. The zero-order valence-electron chi connectivity index (χ0n) is 15.1. The van der Waals surface area contributed by atoms with Gasteiger partial charge in [0.05, 0.1) is 6.61 Å². The van der Waals surface area contributed by atoms with Crippen LogP contribution in [0.5, 0.6) is 0 Å². The van der Waals surface area contributed by atoms with Gasteiger partial charge in [-0.1, -0.05) is 27.2 Å². The second-order valence-corrected chi connectivity index (χ2v) is 6.82. The highest BCUT2D eigenvalue weighted by molar-refractivity contribution is 5.63. The third kappa shape index (κ3) is 11.3. The van der Waals surface area contributed by atoms with E-state index in [4.69, 9.17) is 14.2 Å². The molecular weight excluding hydrogens is 318 g/mol. The van der Waals surface area contributed by atoms with Crippen LogP contribution in [0.25, 0.3) is 0 Å². The molecule has 0 aromatic rings. The van der Waals surface area contributed by atoms with Crippen LogP contribution in [0.1, 0.15) is 52.9 Å². The van der Waals surface area contributed by atoms with Gasteiger partial charge in [0.15, 0.2) is 6.29 Å². The van der Waals surface area contributed by atoms with Gasteiger partial charge in [-0.05, 0) is 24.7 Å². The fourth-order valence-electron chi connectivity index (χ4n) is 2.24. The zero-order valence-corrected chi connectivity index (χ0v) is 15.1. The van der Waals surface area contributed by atoms with Gasteiger partial charge >= 0.3 is 0 Å². The Morgan fingerprint density at radius 2 is 1.88 bits per heavy atom. The molecule has 1 rings (SSSR count). The third-order valence-electron chi connectivity index (χ3n) is 3.76. The minimum Gasteiger partial charge on any atom is -0.550 e. The van der Waals surface area contributed by atoms with Crippen LogP contribution in [0, 0.1) is 21.4 Å². The Hall–Kier alpha value is -1.25. The Bertz CT molecular complexity index is 350. The van der Waals surface area contributed by atoms with Crippen molar-refractivity contribution in [2.75, 3.05) is 27.1 Å². The van der Waals surface area contributed by atoms with E-state index < -0.39 is 5.97 Å². The average Bonchev–Trinajstić information content (AvgIpc) is 2.50. The number of carbonyl (C=O) groups is 1. The number of hydrogen-bond acceptors (Lipinski definition) is 7. The summed E-state index contributed by atoms with van der Waals surface area (Å²) in [6, 6.07) is 0. The largest absolute Gasteiger partial charge is 0.550 e. The molecule has 0 radical (unpaired) electrons. The fourth-order valence-corrected chi connectivity index (χ4v) is 2.24. The number of carboxylic acids is 1. The highest BCUT2D eigenvalue weighted by atomic mass is 16.8. The van der Waals surface area contributed by atoms with E-state index in [0.717, 1.165) is 13.0 Å². The van der Waals surface area contributed by atoms with Crippen molar-refractivity contribution in [3.8, 4) is 0 Å². The number of nitro groups is 1. The monoisotopic (exact) mass is 348 g/mol. The molecule has 1 saturated heterocycles. The molecule has 1 aliphatic rings. The summed E-state index contributed by atoms with van der Waals surface area (Å²) in [5.74, 6) is -0.736. The van der Waals surface area contributed by atoms with Crippen LogP contribution in [-0.2, 0) is 19.0 Å². The Morgan fingerprint density at radius 3 is 2.33 bits per heavy atom. The summed E-state index contributed by atoms with van der Waals surface area (Å²) < 4.78 is 15.8. The smallest absolute Gasteiger partial charge is 0.203 e. The Kier molecular flexibility index (Phi) is 11.5. The van der Waals surface area contributed by atoms with E-state index >= 15 is 0 Å². The van der Waals surface area contributed by atoms with Crippen molar-refractivity contribution in [2.45, 2.75) is 59.2 Å². The van der Waals surface area contributed by atoms with E-state index in [9.17, 15) is 20.0 Å². The molecule has 0 aromatic carbocycles. The van der Waals surface area contributed by atoms with E-state index in [0.29, 0.717) is 32.0 Å². The maximum atomic E-state index is 9.92. The van der Waals surface area contributed by atoms with Gasteiger partial charge in [-0.2, -0.15) is 0 Å². The minimum atomic E-state index is -1.05. The molecule has 0 N–H and O–H groups in total. The fraction of sp³-hybridized carbons (Fsp3) is 0.938. The number of hydrogen-bond donors (Lipinski definition) is 0. The van der Waals surface area contributed by atoms with Crippen LogP contribution in [0.2, 0.25) is 0 Å². The second-order valence-electron chi connectivity index (χ2n) is 6.82. The average molecular weight is 348 g/mol. The second kappa shape index (κ2) is 12.2. The van der Waals surface area contributed by atoms with Gasteiger partial charge in [0, 0.05) is 30.3 Å². The lowest BCUT2D eigenvalue weighted by molar-refractivity contribution is -0.480. The molecule has 1 aliphatic heterocycles. The van der Waals surface area contributed by atoms with Crippen molar-refractivity contribution in [1.29, 1.82) is 0 Å². The first-order valence-corrected chi connectivity index (χ1v) is 8.22. The van der Waals surface area contributed by atoms with Crippen molar-refractivity contribution in [3.63, 3.8) is 0 Å². The first-order valence-electron chi connectivity index (χ1n) is 8.22. The Balaban J connectivity index is 0.000000441. The number of ether oxygens (including phenoxy) is 3. The van der Waals surface area contributed by atoms with Gasteiger partial charge in [0.1, 0.15) is 6.79 Å². The molecule has 2 atom stereocenters. The van der Waals surface area contributed by atoms with E-state index in [1.807, 2.05) is 0 Å². The maximum Gasteiger partial charge on any atom is 0.203 e. The SMILES string of the molecule is CO[C@H]1OCOC[C@H]1C(C)(C)C.O=C([O-])CCCCCC[N+](=O)[O-]. The van der Waals surface area contributed by atoms with E-state index in [-0.39, 0.29) is 29.6 Å². The predicted molar refractivity (Wildman–Crippen MR) is 85.6 cm³/mol. The molecule has 1 heterocycles. The van der Waals surface area contributed by atoms with E-state index in [1.54, 1.807) is 7.11 Å². The molecule has 0 bridgehead atoms. The van der Waals surface area contributed by atoms with Crippen LogP contribution in [-0.4, -0.2) is 44.2 Å². The van der Waals surface area contributed by atoms with Gasteiger partial charge in [0.25, 0.3) is 0 Å². The van der Waals surface area contributed by atoms with E-state index in [2.05, 4.69) is 20.8 Å². The van der Waals surface area contributed by atoms with Crippen LogP contribution in [0.3, 0.4) is 0 Å². The normalized spacial score (nSPS) is 20.8. The van der Waals surface area contributed by atoms with Crippen LogP contribution in [0.15, 0.2) is 0 Å². The highest BCUT2D eigenvalue weighted by Crippen LogP contribution is 2.32. The van der Waals surface area contributed by atoms with Crippen LogP contribution >= 0.6 is 0 Å². The molecule has 1 fully saturated rings. The lowest BCUT2D eigenvalue weighted by atomic mass is 9.80. The molecule has 0 unspecified atom stereocenters. The maximum absolute atomic E-state index is 9.92. The number of methoxy groups -OCH3 is 1. The molecule has 8 heteroatoms. The first kappa shape index (κ1) is 22.8. The molecule has 0 aromatic heterocycles. The van der Waals surface area contributed by atoms with Crippen molar-refractivity contribution < 1.29 is 29.0 Å². The van der Waals surface area contributed by atoms with Gasteiger partial charge in [-0.15, -0.1) is 0 Å². The molecular formula is C16H30NO7-. The Morgan fingerprint density at radius 1 is 1.25 bits per heavy atom. The first-order chi connectivity index (χ1) is 11.2. The summed E-state index contributed by atoms with van der Waals surface area (Å²) in [6.07, 6.45) is 2.47. The molecule has 0 saturated carbocycles. The van der Waals surface area contributed by atoms with Crippen LogP contribution in [0.4, 0.5) is 0 Å². The van der Waals surface area contributed by atoms with Crippen molar-refractivity contribution in [3.05, 3.63) is 10.1 Å². The molecule has 8 nitrogen and oxygen atoms in total. The number of rotatable bonds is 8. The van der Waals surface area contributed by atoms with Gasteiger partial charge in [-0.25, -0.2) is 0 Å². The van der Waals surface area contributed by atoms with Crippen molar-refractivity contribution >= 4 is 5.97 Å². The summed E-state index contributed by atoms with van der Waals surface area (Å²) >= 11 is 0. The number of aliphatic carboxylic acids is 1. The number of carbonyl (C=O) groups excluding carboxylic acids is 1. The number of unbranched alkanes of at least 4 members (excludes halogenated alkanes) is 3. The van der Waals surface area contributed by atoms with Crippen molar-refractivity contribution in [1.82, 2.24) is 0 Å². The molecule has 0 spiro atoms. The van der Waals surface area contributed by atoms with Gasteiger partial charge in [-0.3, -0.25) is 10.1 Å². The third-order valence-corrected chi connectivity index (χ3v) is 3.76. The quantitative estimate of drug-likeness (QED) is 0.372. The molecule has 24 heavy (non-hydrogen) atoms. The zero-order chi connectivity index (χ0) is 18.6. The lowest BCUT2D eigenvalue weighted by Crippen LogP contribution is -2.42. The summed E-state index contributed by atoms with van der Waals surface area (Å²) in [5, 5.41) is 19.8. The summed E-state index contributed by atoms with van der Waals surface area (Å²) in [5.41, 5.74) is 0.168. The number of nitrogens with zero attached hydrogens (tertiary/aromatic N) is 1. The molecule has 142 valence electrons. The van der Waals surface area contributed by atoms with Gasteiger partial charge in [0.2, 0.25) is 6.54 Å². The van der Waals surface area contributed by atoms with E-state index in [1.165, 1.54) is 0 Å². The standard InChI is InChI=1S/C9H18O3.C7H13NO4/c1-9(2,3)7-5-11-6-12-8(7)10-4;9-7(10)5-3-1-2-4-6-8(11)12/h7-8H,5-6H2,1-4H3;1-6H2,(H,9,10)/p-1/t7-,8+;/m1./s1.